The minimum Gasteiger partial charge on any atom is -0.486 e. The van der Waals surface area contributed by atoms with E-state index in [0.29, 0.717) is 0 Å². The third-order valence-corrected chi connectivity index (χ3v) is 1.55. The molecule has 0 heterocycles. The topological polar surface area (TPSA) is 35.2 Å². The van der Waals surface area contributed by atoms with E-state index in [1.165, 1.54) is 6.07 Å². The first-order chi connectivity index (χ1) is 6.13. The molecule has 72 valence electrons. The summed E-state index contributed by atoms with van der Waals surface area (Å²) in [5.74, 6) is -1.30. The van der Waals surface area contributed by atoms with Crippen molar-refractivity contribution in [3.8, 4) is 5.75 Å². The second kappa shape index (κ2) is 4.18. The van der Waals surface area contributed by atoms with Gasteiger partial charge in [0.15, 0.2) is 11.6 Å². The predicted octanol–water partition coefficient (Wildman–Crippen LogP) is 1.69. The molecule has 0 aliphatic rings. The standard InChI is InChI=1S/C9H11F2NO/c1-6(5-12)13-9-3-2-7(10)4-8(9)11/h2-4,6H,5,12H2,1H3/t6-/m1/s1. The first-order valence-corrected chi connectivity index (χ1v) is 3.95. The van der Waals surface area contributed by atoms with E-state index >= 15 is 0 Å². The maximum Gasteiger partial charge on any atom is 0.167 e. The minimum atomic E-state index is -0.708. The molecule has 4 heteroatoms. The normalized spacial score (nSPS) is 12.6. The first-order valence-electron chi connectivity index (χ1n) is 3.95. The molecule has 0 spiro atoms. The fourth-order valence-corrected chi connectivity index (χ4v) is 0.836. The highest BCUT2D eigenvalue weighted by Gasteiger charge is 2.07. The van der Waals surface area contributed by atoms with E-state index in [2.05, 4.69) is 0 Å². The average molecular weight is 187 g/mol. The average Bonchev–Trinajstić information content (AvgIpc) is 2.09. The molecule has 0 bridgehead atoms. The summed E-state index contributed by atoms with van der Waals surface area (Å²) in [4.78, 5) is 0. The summed E-state index contributed by atoms with van der Waals surface area (Å²) < 4.78 is 30.5. The zero-order chi connectivity index (χ0) is 9.84. The van der Waals surface area contributed by atoms with Crippen molar-refractivity contribution in [3.05, 3.63) is 29.8 Å². The molecule has 1 rings (SSSR count). The summed E-state index contributed by atoms with van der Waals surface area (Å²) in [5.41, 5.74) is 5.28. The number of nitrogens with two attached hydrogens (primary N) is 1. The van der Waals surface area contributed by atoms with E-state index in [4.69, 9.17) is 10.5 Å². The number of hydrogen-bond donors (Lipinski definition) is 1. The number of rotatable bonds is 3. The van der Waals surface area contributed by atoms with Crippen LogP contribution >= 0.6 is 0 Å². The third kappa shape index (κ3) is 2.66. The first kappa shape index (κ1) is 9.92. The lowest BCUT2D eigenvalue weighted by Crippen LogP contribution is -2.23. The fourth-order valence-electron chi connectivity index (χ4n) is 0.836. The Morgan fingerprint density at radius 3 is 2.69 bits per heavy atom. The largest absolute Gasteiger partial charge is 0.486 e. The summed E-state index contributed by atoms with van der Waals surface area (Å²) in [5, 5.41) is 0. The Balaban J connectivity index is 2.77. The van der Waals surface area contributed by atoms with Gasteiger partial charge in [0.25, 0.3) is 0 Å². The Morgan fingerprint density at radius 2 is 2.15 bits per heavy atom. The second-order valence-corrected chi connectivity index (χ2v) is 2.74. The van der Waals surface area contributed by atoms with Gasteiger partial charge >= 0.3 is 0 Å². The van der Waals surface area contributed by atoms with Gasteiger partial charge in [-0.05, 0) is 19.1 Å². The van der Waals surface area contributed by atoms with Gasteiger partial charge in [0, 0.05) is 12.6 Å². The molecule has 2 N–H and O–H groups in total. The van der Waals surface area contributed by atoms with E-state index in [9.17, 15) is 8.78 Å². The Morgan fingerprint density at radius 1 is 1.46 bits per heavy atom. The van der Waals surface area contributed by atoms with E-state index in [1.54, 1.807) is 6.92 Å². The van der Waals surface area contributed by atoms with Crippen molar-refractivity contribution < 1.29 is 13.5 Å². The molecule has 0 radical (unpaired) electrons. The minimum absolute atomic E-state index is 0.0272. The Kier molecular flexibility index (Phi) is 3.19. The van der Waals surface area contributed by atoms with E-state index in [1.807, 2.05) is 0 Å². The van der Waals surface area contributed by atoms with Crippen LogP contribution < -0.4 is 10.5 Å². The summed E-state index contributed by atoms with van der Waals surface area (Å²) in [6.45, 7) is 2.00. The molecule has 1 aromatic carbocycles. The molecular formula is C9H11F2NO. The SMILES string of the molecule is C[C@H](CN)Oc1ccc(F)cc1F. The molecule has 0 aromatic heterocycles. The van der Waals surface area contributed by atoms with Gasteiger partial charge in [0.2, 0.25) is 0 Å². The molecule has 0 saturated carbocycles. The Labute approximate surface area is 75.3 Å². The van der Waals surface area contributed by atoms with E-state index in [-0.39, 0.29) is 18.4 Å². The molecule has 13 heavy (non-hydrogen) atoms. The van der Waals surface area contributed by atoms with Crippen LogP contribution in [0.25, 0.3) is 0 Å². The number of halogens is 2. The molecule has 0 amide bonds. The summed E-state index contributed by atoms with van der Waals surface area (Å²) in [6.07, 6.45) is -0.278. The van der Waals surface area contributed by atoms with Crippen molar-refractivity contribution in [3.63, 3.8) is 0 Å². The maximum atomic E-state index is 12.9. The second-order valence-electron chi connectivity index (χ2n) is 2.74. The van der Waals surface area contributed by atoms with Crippen molar-refractivity contribution in [1.29, 1.82) is 0 Å². The van der Waals surface area contributed by atoms with E-state index < -0.39 is 11.6 Å². The van der Waals surface area contributed by atoms with Crippen LogP contribution in [-0.4, -0.2) is 12.6 Å². The number of hydrogen-bond acceptors (Lipinski definition) is 2. The lowest BCUT2D eigenvalue weighted by atomic mass is 10.3. The Hall–Kier alpha value is -1.16. The third-order valence-electron chi connectivity index (χ3n) is 1.55. The molecule has 0 unspecified atom stereocenters. The molecule has 2 nitrogen and oxygen atoms in total. The lowest BCUT2D eigenvalue weighted by molar-refractivity contribution is 0.219. The zero-order valence-electron chi connectivity index (χ0n) is 7.26. The van der Waals surface area contributed by atoms with Crippen molar-refractivity contribution in [2.24, 2.45) is 5.73 Å². The molecule has 1 atom stereocenters. The van der Waals surface area contributed by atoms with Gasteiger partial charge in [-0.3, -0.25) is 0 Å². The van der Waals surface area contributed by atoms with Crippen molar-refractivity contribution >= 4 is 0 Å². The highest BCUT2D eigenvalue weighted by Crippen LogP contribution is 2.18. The van der Waals surface area contributed by atoms with Gasteiger partial charge in [0.05, 0.1) is 0 Å². The molecule has 0 aliphatic heterocycles. The van der Waals surface area contributed by atoms with Crippen molar-refractivity contribution in [2.45, 2.75) is 13.0 Å². The van der Waals surface area contributed by atoms with Crippen LogP contribution in [0.1, 0.15) is 6.92 Å². The zero-order valence-corrected chi connectivity index (χ0v) is 7.26. The van der Waals surface area contributed by atoms with Crippen LogP contribution in [0.2, 0.25) is 0 Å². The van der Waals surface area contributed by atoms with Crippen LogP contribution in [0.15, 0.2) is 18.2 Å². The van der Waals surface area contributed by atoms with Crippen molar-refractivity contribution in [1.82, 2.24) is 0 Å². The van der Waals surface area contributed by atoms with Gasteiger partial charge < -0.3 is 10.5 Å². The molecule has 0 fully saturated rings. The van der Waals surface area contributed by atoms with Gasteiger partial charge in [-0.15, -0.1) is 0 Å². The molecule has 1 aromatic rings. The highest BCUT2D eigenvalue weighted by atomic mass is 19.1. The summed E-state index contributed by atoms with van der Waals surface area (Å²) >= 11 is 0. The monoisotopic (exact) mass is 187 g/mol. The summed E-state index contributed by atoms with van der Waals surface area (Å²) in [7, 11) is 0. The molecule has 0 aliphatic carbocycles. The van der Waals surface area contributed by atoms with E-state index in [0.717, 1.165) is 12.1 Å². The summed E-state index contributed by atoms with van der Waals surface area (Å²) in [6, 6.07) is 3.16. The van der Waals surface area contributed by atoms with Crippen LogP contribution in [0.3, 0.4) is 0 Å². The lowest BCUT2D eigenvalue weighted by Gasteiger charge is -2.12. The smallest absolute Gasteiger partial charge is 0.167 e. The van der Waals surface area contributed by atoms with Crippen LogP contribution in [0.4, 0.5) is 8.78 Å². The van der Waals surface area contributed by atoms with Crippen molar-refractivity contribution in [2.75, 3.05) is 6.54 Å². The molecular weight excluding hydrogens is 176 g/mol. The van der Waals surface area contributed by atoms with Crippen LogP contribution in [-0.2, 0) is 0 Å². The fraction of sp³-hybridized carbons (Fsp3) is 0.333. The maximum absolute atomic E-state index is 12.9. The van der Waals surface area contributed by atoms with Gasteiger partial charge in [-0.2, -0.15) is 0 Å². The van der Waals surface area contributed by atoms with Gasteiger partial charge in [0.1, 0.15) is 11.9 Å². The number of benzene rings is 1. The van der Waals surface area contributed by atoms with Crippen LogP contribution in [0.5, 0.6) is 5.75 Å². The Bertz CT molecular complexity index is 291. The van der Waals surface area contributed by atoms with Crippen LogP contribution in [0, 0.1) is 11.6 Å². The number of ether oxygens (including phenoxy) is 1. The molecule has 0 saturated heterocycles. The van der Waals surface area contributed by atoms with Gasteiger partial charge in [-0.1, -0.05) is 0 Å². The van der Waals surface area contributed by atoms with Gasteiger partial charge in [-0.25, -0.2) is 8.78 Å². The predicted molar refractivity (Wildman–Crippen MR) is 45.5 cm³/mol. The highest BCUT2D eigenvalue weighted by molar-refractivity contribution is 5.24. The quantitative estimate of drug-likeness (QED) is 0.781.